The molecule has 2 N–H and O–H groups in total. The van der Waals surface area contributed by atoms with Crippen LogP contribution in [0.25, 0.3) is 0 Å². The summed E-state index contributed by atoms with van der Waals surface area (Å²) in [4.78, 5) is 20.3. The van der Waals surface area contributed by atoms with Crippen LogP contribution in [-0.2, 0) is 4.79 Å². The van der Waals surface area contributed by atoms with Gasteiger partial charge in [-0.3, -0.25) is 15.2 Å². The molecule has 1 aromatic heterocycles. The van der Waals surface area contributed by atoms with Crippen LogP contribution in [0.15, 0.2) is 45.9 Å². The Hall–Kier alpha value is -2.74. The summed E-state index contributed by atoms with van der Waals surface area (Å²) < 4.78 is 5.43. The summed E-state index contributed by atoms with van der Waals surface area (Å²) >= 11 is 0. The second kappa shape index (κ2) is 8.65. The summed E-state index contributed by atoms with van der Waals surface area (Å²) in [5, 5.41) is 16.4. The summed E-state index contributed by atoms with van der Waals surface area (Å²) in [6.07, 6.45) is -0.211. The first-order chi connectivity index (χ1) is 15.2. The number of aliphatic imine (C=N–C) groups is 1. The number of rotatable bonds is 6. The number of aliphatic hydroxyl groups excluding tert-OH is 1. The largest absolute Gasteiger partial charge is 0.391 e. The molecule has 1 saturated heterocycles. The number of aliphatic hydroxyl groups is 1. The lowest BCUT2D eigenvalue weighted by molar-refractivity contribution is -0.134. The fraction of sp³-hybridized carbons (Fsp3) is 0.500. The number of amides is 1. The molecule has 0 aliphatic carbocycles. The smallest absolute Gasteiger partial charge is 0.234 e. The van der Waals surface area contributed by atoms with E-state index in [2.05, 4.69) is 10.6 Å². The lowest BCUT2D eigenvalue weighted by Crippen LogP contribution is -2.52. The van der Waals surface area contributed by atoms with Crippen molar-refractivity contribution in [3.05, 3.63) is 42.2 Å². The molecule has 0 saturated carbocycles. The van der Waals surface area contributed by atoms with Gasteiger partial charge in [-0.05, 0) is 38.0 Å². The Morgan fingerprint density at radius 2 is 2.06 bits per heavy atom. The number of β-amino-alcohol motifs (C(OH)–C–C–N with tert-alkyl or cyclic N) is 1. The zero-order chi connectivity index (χ0) is 23.0. The van der Waals surface area contributed by atoms with Gasteiger partial charge in [0.15, 0.2) is 0 Å². The maximum Gasteiger partial charge on any atom is 0.234 e. The molecule has 2 aromatic rings. The van der Waals surface area contributed by atoms with Gasteiger partial charge in [-0.15, -0.1) is 0 Å². The highest BCUT2D eigenvalue weighted by atomic mass is 16.5. The molecule has 4 rings (SSSR count). The number of hydrogen-bond donors (Lipinski definition) is 2. The summed E-state index contributed by atoms with van der Waals surface area (Å²) in [5.74, 6) is 0.440. The van der Waals surface area contributed by atoms with Crippen molar-refractivity contribution < 1.29 is 14.4 Å². The molecule has 1 aromatic carbocycles. The maximum atomic E-state index is 13.7. The maximum absolute atomic E-state index is 13.7. The van der Waals surface area contributed by atoms with Gasteiger partial charge in [0.2, 0.25) is 5.91 Å². The van der Waals surface area contributed by atoms with E-state index in [1.807, 2.05) is 63.0 Å². The molecule has 3 atom stereocenters. The molecule has 8 nitrogen and oxygen atoms in total. The lowest BCUT2D eigenvalue weighted by Gasteiger charge is -2.32. The number of carbonyl (C=O) groups excluding carboxylic acids is 1. The molecule has 0 spiro atoms. The summed E-state index contributed by atoms with van der Waals surface area (Å²) in [6.45, 7) is 8.18. The number of hydrazine groups is 1. The third-order valence-electron chi connectivity index (χ3n) is 6.02. The van der Waals surface area contributed by atoms with Gasteiger partial charge in [0.25, 0.3) is 0 Å². The second-order valence-corrected chi connectivity index (χ2v) is 9.21. The van der Waals surface area contributed by atoms with Crippen LogP contribution >= 0.6 is 0 Å². The van der Waals surface area contributed by atoms with Crippen LogP contribution in [0.3, 0.4) is 0 Å². The van der Waals surface area contributed by atoms with Gasteiger partial charge in [-0.2, -0.15) is 0 Å². The molecule has 3 unspecified atom stereocenters. The molecule has 3 heterocycles. The van der Waals surface area contributed by atoms with Gasteiger partial charge in [-0.25, -0.2) is 4.99 Å². The van der Waals surface area contributed by atoms with E-state index in [1.54, 1.807) is 11.0 Å². The highest BCUT2D eigenvalue weighted by molar-refractivity contribution is 6.97. The van der Waals surface area contributed by atoms with E-state index in [9.17, 15) is 9.90 Å². The first-order valence-electron chi connectivity index (χ1n) is 10.9. The Morgan fingerprint density at radius 1 is 1.34 bits per heavy atom. The summed E-state index contributed by atoms with van der Waals surface area (Å²) in [6, 6.07) is 11.2. The number of nitrogens with zero attached hydrogens (tertiary/aromatic N) is 4. The fourth-order valence-electron chi connectivity index (χ4n) is 4.49. The summed E-state index contributed by atoms with van der Waals surface area (Å²) in [7, 11) is 6.88. The predicted octanol–water partition coefficient (Wildman–Crippen LogP) is 0.948. The standard InChI is InChI=1S/C22H28B2N5O3/c1-13(2)19(17-11-18(24-23)27-32-17)21(31)28-12-15(30)10-16(28)20-25-22(3,4)29(26-20)14-8-6-5-7-9-14/h5-9,11,13,15-16,19,30H,10,12H2,1-4H3,(H,25,26). The quantitative estimate of drug-likeness (QED) is 0.661. The van der Waals surface area contributed by atoms with Crippen LogP contribution in [0, 0.1) is 5.92 Å². The topological polar surface area (TPSA) is 94.2 Å². The average Bonchev–Trinajstić information content (AvgIpc) is 3.45. The van der Waals surface area contributed by atoms with E-state index in [4.69, 9.17) is 17.3 Å². The molecule has 2 aliphatic rings. The van der Waals surface area contributed by atoms with Crippen molar-refractivity contribution in [2.45, 2.75) is 57.8 Å². The minimum atomic E-state index is -0.627. The number of anilines is 1. The Kier molecular flexibility index (Phi) is 6.07. The molecular weight excluding hydrogens is 404 g/mol. The predicted molar refractivity (Wildman–Crippen MR) is 125 cm³/mol. The van der Waals surface area contributed by atoms with Crippen molar-refractivity contribution in [2.24, 2.45) is 10.9 Å². The fourth-order valence-corrected chi connectivity index (χ4v) is 4.49. The van der Waals surface area contributed by atoms with E-state index in [0.717, 1.165) is 5.69 Å². The van der Waals surface area contributed by atoms with Crippen molar-refractivity contribution in [2.75, 3.05) is 11.6 Å². The van der Waals surface area contributed by atoms with E-state index in [0.29, 0.717) is 23.6 Å². The minimum absolute atomic E-state index is 0.0322. The van der Waals surface area contributed by atoms with Crippen molar-refractivity contribution >= 4 is 37.9 Å². The first kappa shape index (κ1) is 22.5. The van der Waals surface area contributed by atoms with E-state index < -0.39 is 17.7 Å². The highest BCUT2D eigenvalue weighted by Gasteiger charge is 2.46. The molecule has 165 valence electrons. The lowest BCUT2D eigenvalue weighted by atomic mass is 9.53. The van der Waals surface area contributed by atoms with Crippen LogP contribution in [0.1, 0.15) is 45.8 Å². The minimum Gasteiger partial charge on any atom is -0.391 e. The van der Waals surface area contributed by atoms with Gasteiger partial charge in [0.05, 0.1) is 17.8 Å². The Morgan fingerprint density at radius 3 is 2.69 bits per heavy atom. The molecule has 2 aliphatic heterocycles. The van der Waals surface area contributed by atoms with Gasteiger partial charge in [0, 0.05) is 26.3 Å². The third kappa shape index (κ3) is 4.16. The van der Waals surface area contributed by atoms with Gasteiger partial charge in [0.1, 0.15) is 30.3 Å². The monoisotopic (exact) mass is 432 g/mol. The Bertz CT molecular complexity index is 994. The zero-order valence-electron chi connectivity index (χ0n) is 18.9. The van der Waals surface area contributed by atoms with Crippen molar-refractivity contribution in [1.29, 1.82) is 0 Å². The number of amidine groups is 1. The van der Waals surface area contributed by atoms with Crippen LogP contribution < -0.4 is 16.0 Å². The molecule has 10 heteroatoms. The number of carbonyl (C=O) groups is 1. The van der Waals surface area contributed by atoms with E-state index in [-0.39, 0.29) is 24.4 Å². The Balaban J connectivity index is 1.61. The third-order valence-corrected chi connectivity index (χ3v) is 6.02. The van der Waals surface area contributed by atoms with Crippen molar-refractivity contribution in [3.63, 3.8) is 0 Å². The average molecular weight is 432 g/mol. The van der Waals surface area contributed by atoms with Gasteiger partial charge in [-0.1, -0.05) is 37.2 Å². The van der Waals surface area contributed by atoms with Crippen LogP contribution in [0.2, 0.25) is 0 Å². The van der Waals surface area contributed by atoms with E-state index in [1.165, 1.54) is 7.17 Å². The molecule has 0 bridgehead atoms. The van der Waals surface area contributed by atoms with E-state index >= 15 is 0 Å². The SMILES string of the molecule is [B][B]c1cc(C(C(=O)N2CC(O)CC2C2=NC(C)(C)N(c3ccccc3)N2)C(C)C)on1. The van der Waals surface area contributed by atoms with Crippen LogP contribution in [0.5, 0.6) is 0 Å². The number of likely N-dealkylation sites (tertiary alicyclic amines) is 1. The number of para-hydroxylation sites is 1. The normalized spacial score (nSPS) is 23.2. The number of nitrogens with one attached hydrogen (secondary N) is 1. The molecule has 1 fully saturated rings. The number of aromatic nitrogens is 1. The van der Waals surface area contributed by atoms with Crippen molar-refractivity contribution in [1.82, 2.24) is 15.5 Å². The number of benzene rings is 1. The molecular formula is C22H28B2N5O3. The van der Waals surface area contributed by atoms with Crippen molar-refractivity contribution in [3.8, 4) is 0 Å². The molecule has 32 heavy (non-hydrogen) atoms. The molecule has 1 amide bonds. The first-order valence-corrected chi connectivity index (χ1v) is 10.9. The number of hydrogen-bond acceptors (Lipinski definition) is 7. The van der Waals surface area contributed by atoms with Gasteiger partial charge >= 0.3 is 0 Å². The van der Waals surface area contributed by atoms with Crippen LogP contribution in [0.4, 0.5) is 5.69 Å². The van der Waals surface area contributed by atoms with Crippen LogP contribution in [-0.4, -0.2) is 66.2 Å². The van der Waals surface area contributed by atoms with Gasteiger partial charge < -0.3 is 14.5 Å². The Labute approximate surface area is 190 Å². The second-order valence-electron chi connectivity index (χ2n) is 9.21. The highest BCUT2D eigenvalue weighted by Crippen LogP contribution is 2.33. The zero-order valence-corrected chi connectivity index (χ0v) is 18.9. The molecule has 3 radical (unpaired) electrons. The summed E-state index contributed by atoms with van der Waals surface area (Å²) in [5.41, 5.74) is 4.30.